The summed E-state index contributed by atoms with van der Waals surface area (Å²) < 4.78 is 5.71. The SMILES string of the molecule is OC(CCN1CCCC1)c1ccc(OC2CC2)c(Cl)c1. The Morgan fingerprint density at radius 2 is 2.05 bits per heavy atom. The van der Waals surface area contributed by atoms with Crippen LogP contribution in [0.4, 0.5) is 0 Å². The number of nitrogens with zero attached hydrogens (tertiary/aromatic N) is 1. The number of rotatable bonds is 6. The Balaban J connectivity index is 1.56. The van der Waals surface area contributed by atoms with Gasteiger partial charge < -0.3 is 14.7 Å². The summed E-state index contributed by atoms with van der Waals surface area (Å²) in [5, 5.41) is 10.9. The molecule has 1 saturated carbocycles. The lowest BCUT2D eigenvalue weighted by molar-refractivity contribution is 0.149. The van der Waals surface area contributed by atoms with E-state index in [9.17, 15) is 5.11 Å². The van der Waals surface area contributed by atoms with E-state index in [1.54, 1.807) is 0 Å². The van der Waals surface area contributed by atoms with Crippen molar-refractivity contribution in [2.45, 2.75) is 44.3 Å². The van der Waals surface area contributed by atoms with Crippen LogP contribution in [0.25, 0.3) is 0 Å². The molecule has 1 aliphatic carbocycles. The summed E-state index contributed by atoms with van der Waals surface area (Å²) >= 11 is 6.23. The van der Waals surface area contributed by atoms with Gasteiger partial charge in [-0.3, -0.25) is 0 Å². The first kappa shape index (κ1) is 14.2. The summed E-state index contributed by atoms with van der Waals surface area (Å²) in [6.45, 7) is 3.29. The Morgan fingerprint density at radius 1 is 1.30 bits per heavy atom. The quantitative estimate of drug-likeness (QED) is 0.873. The molecule has 110 valence electrons. The van der Waals surface area contributed by atoms with E-state index in [0.717, 1.165) is 37.1 Å². The van der Waals surface area contributed by atoms with Crippen molar-refractivity contribution >= 4 is 11.6 Å². The molecule has 3 rings (SSSR count). The van der Waals surface area contributed by atoms with E-state index in [1.165, 1.54) is 25.9 Å². The van der Waals surface area contributed by atoms with Crippen LogP contribution in [0, 0.1) is 0 Å². The fourth-order valence-corrected chi connectivity index (χ4v) is 2.90. The number of halogens is 1. The van der Waals surface area contributed by atoms with Gasteiger partial charge in [0.15, 0.2) is 0 Å². The van der Waals surface area contributed by atoms with Gasteiger partial charge in [-0.1, -0.05) is 17.7 Å². The Labute approximate surface area is 125 Å². The maximum Gasteiger partial charge on any atom is 0.138 e. The number of hydrogen-bond acceptors (Lipinski definition) is 3. The Morgan fingerprint density at radius 3 is 2.70 bits per heavy atom. The highest BCUT2D eigenvalue weighted by molar-refractivity contribution is 6.32. The smallest absolute Gasteiger partial charge is 0.138 e. The van der Waals surface area contributed by atoms with E-state index < -0.39 is 6.10 Å². The lowest BCUT2D eigenvalue weighted by Crippen LogP contribution is -2.22. The summed E-state index contributed by atoms with van der Waals surface area (Å²) in [5.74, 6) is 0.740. The molecular formula is C16H22ClNO2. The third-order valence-corrected chi connectivity index (χ3v) is 4.37. The van der Waals surface area contributed by atoms with Crippen molar-refractivity contribution in [1.82, 2.24) is 4.90 Å². The van der Waals surface area contributed by atoms with E-state index in [0.29, 0.717) is 11.1 Å². The van der Waals surface area contributed by atoms with Crippen LogP contribution < -0.4 is 4.74 Å². The van der Waals surface area contributed by atoms with Gasteiger partial charge in [-0.25, -0.2) is 0 Å². The largest absolute Gasteiger partial charge is 0.489 e. The molecule has 4 heteroatoms. The Bertz CT molecular complexity index is 456. The topological polar surface area (TPSA) is 32.7 Å². The zero-order chi connectivity index (χ0) is 13.9. The van der Waals surface area contributed by atoms with Gasteiger partial charge in [0, 0.05) is 6.54 Å². The molecule has 2 fully saturated rings. The summed E-state index contributed by atoms with van der Waals surface area (Å²) in [6, 6.07) is 5.65. The number of benzene rings is 1. The van der Waals surface area contributed by atoms with Crippen LogP contribution in [-0.4, -0.2) is 35.7 Å². The van der Waals surface area contributed by atoms with Crippen molar-refractivity contribution in [2.24, 2.45) is 0 Å². The maximum absolute atomic E-state index is 10.3. The minimum atomic E-state index is -0.442. The number of likely N-dealkylation sites (tertiary alicyclic amines) is 1. The summed E-state index contributed by atoms with van der Waals surface area (Å²) in [7, 11) is 0. The van der Waals surface area contributed by atoms with Gasteiger partial charge in [-0.05, 0) is 62.9 Å². The summed E-state index contributed by atoms with van der Waals surface area (Å²) in [5.41, 5.74) is 0.886. The molecule has 2 aliphatic rings. The lowest BCUT2D eigenvalue weighted by Gasteiger charge is -2.18. The monoisotopic (exact) mass is 295 g/mol. The van der Waals surface area contributed by atoms with E-state index in [2.05, 4.69) is 4.90 Å². The third kappa shape index (κ3) is 3.66. The standard InChI is InChI=1S/C16H22ClNO2/c17-14-11-12(3-6-16(14)20-13-4-5-13)15(19)7-10-18-8-1-2-9-18/h3,6,11,13,15,19H,1-2,4-5,7-10H2. The molecule has 0 bridgehead atoms. The molecule has 1 aromatic rings. The van der Waals surface area contributed by atoms with Gasteiger partial charge in [0.05, 0.1) is 17.2 Å². The Hall–Kier alpha value is -0.770. The molecule has 0 spiro atoms. The average molecular weight is 296 g/mol. The molecule has 20 heavy (non-hydrogen) atoms. The average Bonchev–Trinajstić information content (AvgIpc) is 3.11. The van der Waals surface area contributed by atoms with Crippen molar-refractivity contribution in [2.75, 3.05) is 19.6 Å². The zero-order valence-corrected chi connectivity index (χ0v) is 12.5. The molecule has 3 nitrogen and oxygen atoms in total. The van der Waals surface area contributed by atoms with Crippen LogP contribution in [-0.2, 0) is 0 Å². The second-order valence-corrected chi connectivity index (χ2v) is 6.27. The highest BCUT2D eigenvalue weighted by Gasteiger charge is 2.24. The van der Waals surface area contributed by atoms with Crippen LogP contribution in [0.1, 0.15) is 43.8 Å². The zero-order valence-electron chi connectivity index (χ0n) is 11.7. The molecule has 0 aromatic heterocycles. The fraction of sp³-hybridized carbons (Fsp3) is 0.625. The molecule has 1 aliphatic heterocycles. The van der Waals surface area contributed by atoms with Crippen LogP contribution in [0.15, 0.2) is 18.2 Å². The van der Waals surface area contributed by atoms with Gasteiger partial charge in [0.2, 0.25) is 0 Å². The number of ether oxygens (including phenoxy) is 1. The van der Waals surface area contributed by atoms with Gasteiger partial charge in [0.1, 0.15) is 5.75 Å². The first-order valence-electron chi connectivity index (χ1n) is 7.59. The van der Waals surface area contributed by atoms with E-state index in [1.807, 2.05) is 18.2 Å². The molecule has 0 radical (unpaired) electrons. The van der Waals surface area contributed by atoms with Crippen LogP contribution in [0.2, 0.25) is 5.02 Å². The van der Waals surface area contributed by atoms with Gasteiger partial charge in [-0.2, -0.15) is 0 Å². The summed E-state index contributed by atoms with van der Waals surface area (Å²) in [6.07, 6.45) is 5.48. The molecular weight excluding hydrogens is 274 g/mol. The molecule has 1 aromatic carbocycles. The normalized spacial score (nSPS) is 21.1. The number of aliphatic hydroxyl groups is 1. The van der Waals surface area contributed by atoms with Crippen molar-refractivity contribution < 1.29 is 9.84 Å². The van der Waals surface area contributed by atoms with Crippen molar-refractivity contribution in [3.63, 3.8) is 0 Å². The van der Waals surface area contributed by atoms with Crippen molar-refractivity contribution in [3.05, 3.63) is 28.8 Å². The third-order valence-electron chi connectivity index (χ3n) is 4.08. The highest BCUT2D eigenvalue weighted by Crippen LogP contribution is 2.34. The molecule has 1 saturated heterocycles. The van der Waals surface area contributed by atoms with E-state index in [-0.39, 0.29) is 0 Å². The van der Waals surface area contributed by atoms with Crippen molar-refractivity contribution in [3.8, 4) is 5.75 Å². The minimum Gasteiger partial charge on any atom is -0.489 e. The molecule has 1 N–H and O–H groups in total. The van der Waals surface area contributed by atoms with Crippen LogP contribution >= 0.6 is 11.6 Å². The second kappa shape index (κ2) is 6.33. The van der Waals surface area contributed by atoms with Crippen molar-refractivity contribution in [1.29, 1.82) is 0 Å². The molecule has 1 heterocycles. The fourth-order valence-electron chi connectivity index (χ4n) is 2.66. The Kier molecular flexibility index (Phi) is 4.49. The number of aliphatic hydroxyl groups excluding tert-OH is 1. The van der Waals surface area contributed by atoms with E-state index in [4.69, 9.17) is 16.3 Å². The van der Waals surface area contributed by atoms with E-state index >= 15 is 0 Å². The summed E-state index contributed by atoms with van der Waals surface area (Å²) in [4.78, 5) is 2.41. The second-order valence-electron chi connectivity index (χ2n) is 5.86. The minimum absolute atomic E-state index is 0.346. The number of hydrogen-bond donors (Lipinski definition) is 1. The van der Waals surface area contributed by atoms with Crippen LogP contribution in [0.5, 0.6) is 5.75 Å². The maximum atomic E-state index is 10.3. The van der Waals surface area contributed by atoms with Crippen LogP contribution in [0.3, 0.4) is 0 Å². The lowest BCUT2D eigenvalue weighted by atomic mass is 10.1. The van der Waals surface area contributed by atoms with Gasteiger partial charge >= 0.3 is 0 Å². The predicted octanol–water partition coefficient (Wildman–Crippen LogP) is 3.40. The molecule has 1 atom stereocenters. The van der Waals surface area contributed by atoms with Gasteiger partial charge in [0.25, 0.3) is 0 Å². The molecule has 1 unspecified atom stereocenters. The predicted molar refractivity (Wildman–Crippen MR) is 80.4 cm³/mol. The highest BCUT2D eigenvalue weighted by atomic mass is 35.5. The molecule has 0 amide bonds. The first-order valence-corrected chi connectivity index (χ1v) is 7.97. The van der Waals surface area contributed by atoms with Gasteiger partial charge in [-0.15, -0.1) is 0 Å². The first-order chi connectivity index (χ1) is 9.72.